The Morgan fingerprint density at radius 3 is 2.50 bits per heavy atom. The van der Waals surface area contributed by atoms with E-state index in [4.69, 9.17) is 4.74 Å². The highest BCUT2D eigenvalue weighted by Crippen LogP contribution is 2.20. The SMILES string of the molecule is Cc1ccc(OC(C)C(=O)NCc2ccccc2CN2CCCCC2)c(C)c1. The number of carbonyl (C=O) groups excluding carboxylic acids is 1. The molecule has 1 unspecified atom stereocenters. The van der Waals surface area contributed by atoms with E-state index in [1.165, 1.54) is 49.0 Å². The van der Waals surface area contributed by atoms with Crippen LogP contribution >= 0.6 is 0 Å². The molecule has 1 saturated heterocycles. The largest absolute Gasteiger partial charge is 0.481 e. The minimum atomic E-state index is -0.532. The van der Waals surface area contributed by atoms with Crippen molar-refractivity contribution in [1.29, 1.82) is 0 Å². The molecule has 4 nitrogen and oxygen atoms in total. The van der Waals surface area contributed by atoms with Gasteiger partial charge in [0.15, 0.2) is 6.10 Å². The van der Waals surface area contributed by atoms with Crippen molar-refractivity contribution in [3.05, 3.63) is 64.7 Å². The number of carbonyl (C=O) groups is 1. The fraction of sp³-hybridized carbons (Fsp3) is 0.458. The van der Waals surface area contributed by atoms with Crippen molar-refractivity contribution in [1.82, 2.24) is 10.2 Å². The first-order valence-corrected chi connectivity index (χ1v) is 10.3. The molecule has 4 heteroatoms. The predicted octanol–water partition coefficient (Wildman–Crippen LogP) is 4.37. The summed E-state index contributed by atoms with van der Waals surface area (Å²) in [5.41, 5.74) is 4.71. The summed E-state index contributed by atoms with van der Waals surface area (Å²) in [6, 6.07) is 14.4. The normalized spacial score (nSPS) is 15.8. The summed E-state index contributed by atoms with van der Waals surface area (Å²) in [6.07, 6.45) is 3.38. The third-order valence-corrected chi connectivity index (χ3v) is 5.42. The van der Waals surface area contributed by atoms with E-state index in [9.17, 15) is 4.79 Å². The molecule has 0 aromatic heterocycles. The van der Waals surface area contributed by atoms with Crippen LogP contribution in [0.3, 0.4) is 0 Å². The third kappa shape index (κ3) is 5.59. The molecule has 0 bridgehead atoms. The quantitative estimate of drug-likeness (QED) is 0.775. The van der Waals surface area contributed by atoms with Gasteiger partial charge in [0, 0.05) is 13.1 Å². The second kappa shape index (κ2) is 9.74. The number of nitrogens with zero attached hydrogens (tertiary/aromatic N) is 1. The average molecular weight is 381 g/mol. The lowest BCUT2D eigenvalue weighted by Gasteiger charge is -2.27. The van der Waals surface area contributed by atoms with Gasteiger partial charge in [0.25, 0.3) is 5.91 Å². The van der Waals surface area contributed by atoms with Gasteiger partial charge in [0.05, 0.1) is 0 Å². The Morgan fingerprint density at radius 1 is 1.07 bits per heavy atom. The summed E-state index contributed by atoms with van der Waals surface area (Å²) in [4.78, 5) is 15.1. The van der Waals surface area contributed by atoms with Gasteiger partial charge in [-0.05, 0) is 69.5 Å². The highest BCUT2D eigenvalue weighted by atomic mass is 16.5. The molecule has 2 aromatic rings. The lowest BCUT2D eigenvalue weighted by Crippen LogP contribution is -2.36. The molecule has 1 heterocycles. The van der Waals surface area contributed by atoms with Crippen molar-refractivity contribution in [2.24, 2.45) is 0 Å². The zero-order valence-corrected chi connectivity index (χ0v) is 17.3. The van der Waals surface area contributed by atoms with Gasteiger partial charge in [0.1, 0.15) is 5.75 Å². The minimum absolute atomic E-state index is 0.0900. The van der Waals surface area contributed by atoms with Crippen LogP contribution in [0.15, 0.2) is 42.5 Å². The van der Waals surface area contributed by atoms with Crippen molar-refractivity contribution >= 4 is 5.91 Å². The molecule has 1 aliphatic heterocycles. The van der Waals surface area contributed by atoms with Gasteiger partial charge in [-0.25, -0.2) is 0 Å². The molecule has 0 radical (unpaired) electrons. The van der Waals surface area contributed by atoms with E-state index in [0.29, 0.717) is 6.54 Å². The number of amides is 1. The van der Waals surface area contributed by atoms with E-state index in [-0.39, 0.29) is 5.91 Å². The van der Waals surface area contributed by atoms with Crippen LogP contribution in [0.4, 0.5) is 0 Å². The van der Waals surface area contributed by atoms with E-state index < -0.39 is 6.10 Å². The summed E-state index contributed by atoms with van der Waals surface area (Å²) < 4.78 is 5.88. The molecule has 2 aromatic carbocycles. The van der Waals surface area contributed by atoms with Gasteiger partial charge in [-0.15, -0.1) is 0 Å². The fourth-order valence-corrected chi connectivity index (χ4v) is 3.74. The van der Waals surface area contributed by atoms with E-state index >= 15 is 0 Å². The molecule has 1 atom stereocenters. The number of aryl methyl sites for hydroxylation is 2. The van der Waals surface area contributed by atoms with E-state index in [1.54, 1.807) is 6.92 Å². The van der Waals surface area contributed by atoms with Crippen LogP contribution < -0.4 is 10.1 Å². The maximum Gasteiger partial charge on any atom is 0.261 e. The molecule has 150 valence electrons. The van der Waals surface area contributed by atoms with Crippen molar-refractivity contribution in [2.75, 3.05) is 13.1 Å². The number of hydrogen-bond acceptors (Lipinski definition) is 3. The number of hydrogen-bond donors (Lipinski definition) is 1. The van der Waals surface area contributed by atoms with Gasteiger partial charge < -0.3 is 10.1 Å². The first kappa shape index (κ1) is 20.4. The Morgan fingerprint density at radius 2 is 1.79 bits per heavy atom. The lowest BCUT2D eigenvalue weighted by molar-refractivity contribution is -0.127. The van der Waals surface area contributed by atoms with Gasteiger partial charge in [-0.2, -0.15) is 0 Å². The summed E-state index contributed by atoms with van der Waals surface area (Å²) in [5.74, 6) is 0.673. The van der Waals surface area contributed by atoms with Crippen molar-refractivity contribution in [3.63, 3.8) is 0 Å². The van der Waals surface area contributed by atoms with Crippen molar-refractivity contribution in [2.45, 2.75) is 59.2 Å². The Labute approximate surface area is 168 Å². The van der Waals surface area contributed by atoms with Crippen LogP contribution in [0.2, 0.25) is 0 Å². The smallest absolute Gasteiger partial charge is 0.261 e. The number of rotatable bonds is 7. The molecular weight excluding hydrogens is 348 g/mol. The zero-order valence-electron chi connectivity index (χ0n) is 17.3. The first-order valence-electron chi connectivity index (χ1n) is 10.3. The topological polar surface area (TPSA) is 41.6 Å². The second-order valence-corrected chi connectivity index (χ2v) is 7.85. The highest BCUT2D eigenvalue weighted by molar-refractivity contribution is 5.80. The van der Waals surface area contributed by atoms with Gasteiger partial charge in [-0.1, -0.05) is 48.4 Å². The van der Waals surface area contributed by atoms with Crippen molar-refractivity contribution in [3.8, 4) is 5.75 Å². The van der Waals surface area contributed by atoms with E-state index in [2.05, 4.69) is 34.5 Å². The maximum absolute atomic E-state index is 12.6. The number of nitrogens with one attached hydrogen (secondary N) is 1. The zero-order chi connectivity index (χ0) is 19.9. The summed E-state index contributed by atoms with van der Waals surface area (Å²) in [6.45, 7) is 9.68. The standard InChI is InChI=1S/C24H32N2O2/c1-18-11-12-23(19(2)15-18)28-20(3)24(27)25-16-21-9-5-6-10-22(21)17-26-13-7-4-8-14-26/h5-6,9-12,15,20H,4,7-8,13-14,16-17H2,1-3H3,(H,25,27). The molecule has 1 aliphatic rings. The number of likely N-dealkylation sites (tertiary alicyclic amines) is 1. The van der Waals surface area contributed by atoms with Crippen LogP contribution in [0.25, 0.3) is 0 Å². The summed E-state index contributed by atoms with van der Waals surface area (Å²) in [7, 11) is 0. The molecule has 0 saturated carbocycles. The third-order valence-electron chi connectivity index (χ3n) is 5.42. The Kier molecular flexibility index (Phi) is 7.10. The average Bonchev–Trinajstić information content (AvgIpc) is 2.70. The van der Waals surface area contributed by atoms with E-state index in [1.807, 2.05) is 32.0 Å². The molecule has 28 heavy (non-hydrogen) atoms. The Bertz CT molecular complexity index is 797. The Hall–Kier alpha value is -2.33. The van der Waals surface area contributed by atoms with Crippen molar-refractivity contribution < 1.29 is 9.53 Å². The molecule has 3 rings (SSSR count). The second-order valence-electron chi connectivity index (χ2n) is 7.85. The van der Waals surface area contributed by atoms with Crippen LogP contribution in [0.1, 0.15) is 48.4 Å². The minimum Gasteiger partial charge on any atom is -0.481 e. The monoisotopic (exact) mass is 380 g/mol. The fourth-order valence-electron chi connectivity index (χ4n) is 3.74. The number of piperidine rings is 1. The first-order chi connectivity index (χ1) is 13.5. The molecule has 0 aliphatic carbocycles. The molecule has 0 spiro atoms. The highest BCUT2D eigenvalue weighted by Gasteiger charge is 2.17. The predicted molar refractivity (Wildman–Crippen MR) is 113 cm³/mol. The van der Waals surface area contributed by atoms with Crippen LogP contribution in [0.5, 0.6) is 5.75 Å². The van der Waals surface area contributed by atoms with Gasteiger partial charge in [0.2, 0.25) is 0 Å². The molecule has 1 amide bonds. The lowest BCUT2D eigenvalue weighted by atomic mass is 10.0. The van der Waals surface area contributed by atoms with E-state index in [0.717, 1.165) is 17.9 Å². The number of benzene rings is 2. The van der Waals surface area contributed by atoms with Gasteiger partial charge >= 0.3 is 0 Å². The van der Waals surface area contributed by atoms with Crippen LogP contribution in [-0.4, -0.2) is 30.0 Å². The van der Waals surface area contributed by atoms with Crippen LogP contribution in [-0.2, 0) is 17.9 Å². The summed E-state index contributed by atoms with van der Waals surface area (Å²) in [5, 5.41) is 3.05. The molecule has 1 N–H and O–H groups in total. The summed E-state index contributed by atoms with van der Waals surface area (Å²) >= 11 is 0. The molecule has 1 fully saturated rings. The van der Waals surface area contributed by atoms with Gasteiger partial charge in [-0.3, -0.25) is 9.69 Å². The van der Waals surface area contributed by atoms with Crippen LogP contribution in [0, 0.1) is 13.8 Å². The number of ether oxygens (including phenoxy) is 1. The Balaban J connectivity index is 1.56. The maximum atomic E-state index is 12.6. The molecular formula is C24H32N2O2.